The van der Waals surface area contributed by atoms with Crippen LogP contribution in [-0.4, -0.2) is 18.5 Å². The van der Waals surface area contributed by atoms with E-state index in [0.717, 1.165) is 16.7 Å². The van der Waals surface area contributed by atoms with E-state index < -0.39 is 11.9 Å². The minimum Gasteiger partial charge on any atom is -0.488 e. The van der Waals surface area contributed by atoms with E-state index in [1.165, 1.54) is 0 Å². The van der Waals surface area contributed by atoms with E-state index in [0.29, 0.717) is 18.0 Å². The highest BCUT2D eigenvalue weighted by molar-refractivity contribution is 5.97. The predicted molar refractivity (Wildman–Crippen MR) is 112 cm³/mol. The number of hydrogen-bond acceptors (Lipinski definition) is 4. The van der Waals surface area contributed by atoms with Gasteiger partial charge in [-0.15, -0.1) is 0 Å². The molecule has 0 bridgehead atoms. The summed E-state index contributed by atoms with van der Waals surface area (Å²) in [6, 6.07) is 22.2. The van der Waals surface area contributed by atoms with Crippen molar-refractivity contribution in [2.24, 2.45) is 0 Å². The quantitative estimate of drug-likeness (QED) is 0.596. The van der Waals surface area contributed by atoms with E-state index >= 15 is 0 Å². The zero-order valence-corrected chi connectivity index (χ0v) is 16.5. The highest BCUT2D eigenvalue weighted by Gasteiger charge is 2.16. The van der Waals surface area contributed by atoms with E-state index in [1.54, 1.807) is 30.3 Å². The molecule has 0 unspecified atom stereocenters. The van der Waals surface area contributed by atoms with Gasteiger partial charge in [0.15, 0.2) is 6.61 Å². The molecule has 0 saturated heterocycles. The Morgan fingerprint density at radius 2 is 1.66 bits per heavy atom. The summed E-state index contributed by atoms with van der Waals surface area (Å²) in [6.45, 7) is 3.86. The van der Waals surface area contributed by atoms with Crippen molar-refractivity contribution in [3.8, 4) is 5.75 Å². The molecule has 3 aromatic rings. The Kier molecular flexibility index (Phi) is 6.63. The van der Waals surface area contributed by atoms with Gasteiger partial charge >= 0.3 is 5.97 Å². The molecular weight excluding hydrogens is 366 g/mol. The number of aryl methyl sites for hydroxylation is 2. The van der Waals surface area contributed by atoms with Crippen molar-refractivity contribution in [3.63, 3.8) is 0 Å². The second-order valence-corrected chi connectivity index (χ2v) is 6.71. The fraction of sp³-hybridized carbons (Fsp3) is 0.167. The number of hydrogen-bond donors (Lipinski definition) is 1. The third-order valence-corrected chi connectivity index (χ3v) is 4.34. The lowest BCUT2D eigenvalue weighted by atomic mass is 10.1. The minimum absolute atomic E-state index is 0.281. The first kappa shape index (κ1) is 20.1. The Balaban J connectivity index is 1.59. The largest absolute Gasteiger partial charge is 0.488 e. The Morgan fingerprint density at radius 1 is 0.897 bits per heavy atom. The van der Waals surface area contributed by atoms with Gasteiger partial charge in [0, 0.05) is 5.69 Å². The van der Waals surface area contributed by atoms with Gasteiger partial charge in [-0.05, 0) is 43.2 Å². The summed E-state index contributed by atoms with van der Waals surface area (Å²) in [6.07, 6.45) is 0. The first-order valence-corrected chi connectivity index (χ1v) is 9.33. The van der Waals surface area contributed by atoms with Crippen molar-refractivity contribution in [2.45, 2.75) is 20.5 Å². The van der Waals surface area contributed by atoms with Crippen molar-refractivity contribution >= 4 is 17.6 Å². The molecule has 0 saturated carbocycles. The molecule has 0 aliphatic heterocycles. The molecule has 5 nitrogen and oxygen atoms in total. The molecule has 29 heavy (non-hydrogen) atoms. The number of amides is 1. The van der Waals surface area contributed by atoms with Crippen LogP contribution in [0, 0.1) is 13.8 Å². The molecule has 0 spiro atoms. The van der Waals surface area contributed by atoms with Gasteiger partial charge in [-0.25, -0.2) is 4.79 Å². The van der Waals surface area contributed by atoms with Crippen molar-refractivity contribution in [2.75, 3.05) is 11.9 Å². The van der Waals surface area contributed by atoms with Crippen LogP contribution in [0.3, 0.4) is 0 Å². The third-order valence-electron chi connectivity index (χ3n) is 4.34. The second kappa shape index (κ2) is 9.55. The number of anilines is 1. The van der Waals surface area contributed by atoms with Gasteiger partial charge in [0.2, 0.25) is 0 Å². The van der Waals surface area contributed by atoms with E-state index in [2.05, 4.69) is 5.32 Å². The van der Waals surface area contributed by atoms with Crippen molar-refractivity contribution in [3.05, 3.63) is 95.1 Å². The molecule has 148 valence electrons. The number of esters is 1. The maximum Gasteiger partial charge on any atom is 0.342 e. The Bertz CT molecular complexity index is 1010. The topological polar surface area (TPSA) is 64.6 Å². The van der Waals surface area contributed by atoms with Crippen LogP contribution < -0.4 is 10.1 Å². The van der Waals surface area contributed by atoms with Crippen molar-refractivity contribution in [1.29, 1.82) is 0 Å². The smallest absolute Gasteiger partial charge is 0.342 e. The highest BCUT2D eigenvalue weighted by atomic mass is 16.5. The molecule has 0 fully saturated rings. The molecule has 0 aliphatic rings. The average Bonchev–Trinajstić information content (AvgIpc) is 2.72. The molecule has 0 radical (unpaired) electrons. The molecule has 1 N–H and O–H groups in total. The summed E-state index contributed by atoms with van der Waals surface area (Å²) >= 11 is 0. The molecule has 1 amide bonds. The lowest BCUT2D eigenvalue weighted by molar-refractivity contribution is -0.119. The fourth-order valence-electron chi connectivity index (χ4n) is 2.83. The van der Waals surface area contributed by atoms with E-state index in [1.807, 2.05) is 56.3 Å². The monoisotopic (exact) mass is 389 g/mol. The summed E-state index contributed by atoms with van der Waals surface area (Å²) in [7, 11) is 0. The lowest BCUT2D eigenvalue weighted by Crippen LogP contribution is -2.21. The number of carbonyl (C=O) groups excluding carboxylic acids is 2. The standard InChI is InChI=1S/C24H23NO4/c1-17-8-7-10-19(14-17)15-28-22-13-6-4-11-20(22)24(27)29-16-23(26)25-21-12-5-3-9-18(21)2/h3-14H,15-16H2,1-2H3,(H,25,26). The number of benzene rings is 3. The average molecular weight is 389 g/mol. The van der Waals surface area contributed by atoms with Gasteiger partial charge in [0.25, 0.3) is 5.91 Å². The normalized spacial score (nSPS) is 10.3. The zero-order chi connectivity index (χ0) is 20.6. The van der Waals surface area contributed by atoms with Crippen molar-refractivity contribution < 1.29 is 19.1 Å². The predicted octanol–water partition coefficient (Wildman–Crippen LogP) is 4.68. The first-order chi connectivity index (χ1) is 14.0. The molecule has 0 aliphatic carbocycles. The van der Waals surface area contributed by atoms with Crippen LogP contribution in [0.1, 0.15) is 27.0 Å². The van der Waals surface area contributed by atoms with Crippen LogP contribution >= 0.6 is 0 Å². The summed E-state index contributed by atoms with van der Waals surface area (Å²) in [5, 5.41) is 2.74. The van der Waals surface area contributed by atoms with Crippen LogP contribution in [0.15, 0.2) is 72.8 Å². The van der Waals surface area contributed by atoms with Crippen LogP contribution in [0.25, 0.3) is 0 Å². The third kappa shape index (κ3) is 5.69. The lowest BCUT2D eigenvalue weighted by Gasteiger charge is -2.12. The Morgan fingerprint density at radius 3 is 2.45 bits per heavy atom. The van der Waals surface area contributed by atoms with Gasteiger partial charge in [-0.2, -0.15) is 0 Å². The first-order valence-electron chi connectivity index (χ1n) is 9.33. The van der Waals surface area contributed by atoms with Gasteiger partial charge in [-0.1, -0.05) is 60.2 Å². The maximum absolute atomic E-state index is 12.5. The molecule has 3 aromatic carbocycles. The Hall–Kier alpha value is -3.60. The molecule has 3 rings (SSSR count). The minimum atomic E-state index is -0.607. The van der Waals surface area contributed by atoms with Crippen LogP contribution in [0.2, 0.25) is 0 Å². The van der Waals surface area contributed by atoms with Gasteiger partial charge in [0.1, 0.15) is 17.9 Å². The number of ether oxygens (including phenoxy) is 2. The molecular formula is C24H23NO4. The number of para-hydroxylation sites is 2. The summed E-state index contributed by atoms with van der Waals surface area (Å²) in [4.78, 5) is 24.6. The Labute approximate surface area is 170 Å². The fourth-order valence-corrected chi connectivity index (χ4v) is 2.83. The van der Waals surface area contributed by atoms with Gasteiger partial charge in [-0.3, -0.25) is 4.79 Å². The van der Waals surface area contributed by atoms with Crippen LogP contribution in [-0.2, 0) is 16.1 Å². The summed E-state index contributed by atoms with van der Waals surface area (Å²) in [5.74, 6) is -0.589. The van der Waals surface area contributed by atoms with Crippen LogP contribution in [0.5, 0.6) is 5.75 Å². The SMILES string of the molecule is Cc1cccc(COc2ccccc2C(=O)OCC(=O)Nc2ccccc2C)c1. The second-order valence-electron chi connectivity index (χ2n) is 6.71. The van der Waals surface area contributed by atoms with Gasteiger partial charge < -0.3 is 14.8 Å². The summed E-state index contributed by atoms with van der Waals surface area (Å²) < 4.78 is 11.0. The van der Waals surface area contributed by atoms with Gasteiger partial charge in [0.05, 0.1) is 0 Å². The van der Waals surface area contributed by atoms with Crippen LogP contribution in [0.4, 0.5) is 5.69 Å². The highest BCUT2D eigenvalue weighted by Crippen LogP contribution is 2.21. The zero-order valence-electron chi connectivity index (χ0n) is 16.5. The van der Waals surface area contributed by atoms with Crippen molar-refractivity contribution in [1.82, 2.24) is 0 Å². The van der Waals surface area contributed by atoms with E-state index in [-0.39, 0.29) is 12.2 Å². The summed E-state index contributed by atoms with van der Waals surface area (Å²) in [5.41, 5.74) is 4.05. The van der Waals surface area contributed by atoms with E-state index in [4.69, 9.17) is 9.47 Å². The number of rotatable bonds is 7. The molecule has 0 heterocycles. The molecule has 0 atom stereocenters. The molecule has 5 heteroatoms. The maximum atomic E-state index is 12.5. The molecule has 0 aromatic heterocycles. The van der Waals surface area contributed by atoms with E-state index in [9.17, 15) is 9.59 Å². The number of nitrogens with one attached hydrogen (secondary N) is 1. The number of carbonyl (C=O) groups is 2.